The Kier molecular flexibility index (Phi) is 7.68. The summed E-state index contributed by atoms with van der Waals surface area (Å²) in [6.45, 7) is 0.156. The molecule has 0 bridgehead atoms. The molecule has 2 heterocycles. The number of aliphatic hydroxyl groups is 1. The fraction of sp³-hybridized carbons (Fsp3) is 0.214. The molecule has 2 aromatic heterocycles. The number of aliphatic hydroxyl groups excluding tert-OH is 1. The predicted octanol–water partition coefficient (Wildman–Crippen LogP) is 2.63. The van der Waals surface area contributed by atoms with Gasteiger partial charge in [-0.05, 0) is 29.7 Å². The number of aliphatic carboxylic acids is 1. The van der Waals surface area contributed by atoms with Crippen molar-refractivity contribution in [3.63, 3.8) is 0 Å². The van der Waals surface area contributed by atoms with Gasteiger partial charge in [0.05, 0.1) is 6.42 Å². The van der Waals surface area contributed by atoms with E-state index in [0.29, 0.717) is 22.3 Å². The van der Waals surface area contributed by atoms with E-state index >= 15 is 0 Å². The molecular weight excluding hydrogens is 315 g/mol. The molecule has 0 saturated carbocycles. The van der Waals surface area contributed by atoms with Crippen molar-refractivity contribution in [1.29, 1.82) is 0 Å². The lowest BCUT2D eigenvalue weighted by molar-refractivity contribution is -0.136. The molecule has 0 saturated heterocycles. The first-order chi connectivity index (χ1) is 10.0. The minimum Gasteiger partial charge on any atom is -0.481 e. The van der Waals surface area contributed by atoms with Gasteiger partial charge in [0, 0.05) is 19.0 Å². The summed E-state index contributed by atoms with van der Waals surface area (Å²) in [4.78, 5) is 17.8. The van der Waals surface area contributed by atoms with Crippen LogP contribution in [0.4, 0.5) is 0 Å². The predicted molar refractivity (Wildman–Crippen MR) is 80.6 cm³/mol. The molecule has 0 aliphatic heterocycles. The number of halogens is 2. The second-order valence-corrected chi connectivity index (χ2v) is 4.80. The second kappa shape index (κ2) is 9.28. The Bertz CT molecular complexity index is 559. The highest BCUT2D eigenvalue weighted by atomic mass is 35.5. The van der Waals surface area contributed by atoms with Crippen molar-refractivity contribution in [2.45, 2.75) is 12.8 Å². The van der Waals surface area contributed by atoms with Crippen LogP contribution in [0.2, 0.25) is 10.3 Å². The van der Waals surface area contributed by atoms with Crippen molar-refractivity contribution < 1.29 is 15.0 Å². The zero-order valence-corrected chi connectivity index (χ0v) is 12.6. The molecule has 2 N–H and O–H groups in total. The average Bonchev–Trinajstić information content (AvgIpc) is 2.44. The smallest absolute Gasteiger partial charge is 0.307 e. The van der Waals surface area contributed by atoms with E-state index in [-0.39, 0.29) is 13.0 Å². The molecule has 0 amide bonds. The van der Waals surface area contributed by atoms with Gasteiger partial charge in [-0.15, -0.1) is 0 Å². The molecule has 0 aromatic carbocycles. The summed E-state index contributed by atoms with van der Waals surface area (Å²) in [7, 11) is 0. The van der Waals surface area contributed by atoms with Crippen molar-refractivity contribution >= 4 is 29.2 Å². The van der Waals surface area contributed by atoms with E-state index in [2.05, 4.69) is 9.97 Å². The number of carbonyl (C=O) groups is 1. The number of nitrogens with zero attached hydrogens (tertiary/aromatic N) is 2. The fourth-order valence-corrected chi connectivity index (χ4v) is 1.59. The van der Waals surface area contributed by atoms with Gasteiger partial charge >= 0.3 is 5.97 Å². The summed E-state index contributed by atoms with van der Waals surface area (Å²) in [6, 6.07) is 6.78. The van der Waals surface area contributed by atoms with Crippen LogP contribution in [0.15, 0.2) is 36.7 Å². The summed E-state index contributed by atoms with van der Waals surface area (Å²) < 4.78 is 0. The van der Waals surface area contributed by atoms with Crippen LogP contribution in [0.3, 0.4) is 0 Å². The third kappa shape index (κ3) is 7.60. The standard InChI is InChI=1S/C7H6ClNO2.C7H8ClNO/c8-6-2-1-5(4-9-6)3-7(10)11;8-7-2-1-6(3-4-10)5-9-7/h1-2,4H,3H2,(H,10,11);1-2,5,10H,3-4H2. The van der Waals surface area contributed by atoms with Crippen molar-refractivity contribution in [3.05, 3.63) is 58.1 Å². The molecule has 0 atom stereocenters. The lowest BCUT2D eigenvalue weighted by atomic mass is 10.2. The highest BCUT2D eigenvalue weighted by molar-refractivity contribution is 6.29. The molecule has 7 heteroatoms. The summed E-state index contributed by atoms with van der Waals surface area (Å²) in [6.07, 6.45) is 3.75. The number of hydrogen-bond donors (Lipinski definition) is 2. The number of pyridine rings is 2. The van der Waals surface area contributed by atoms with E-state index < -0.39 is 5.97 Å². The summed E-state index contributed by atoms with van der Waals surface area (Å²) in [5.41, 5.74) is 1.66. The van der Waals surface area contributed by atoms with Crippen LogP contribution >= 0.6 is 23.2 Å². The lowest BCUT2D eigenvalue weighted by Crippen LogP contribution is -1.99. The molecule has 0 unspecified atom stereocenters. The van der Waals surface area contributed by atoms with Crippen LogP contribution in [-0.4, -0.2) is 32.8 Å². The van der Waals surface area contributed by atoms with E-state index in [1.54, 1.807) is 24.4 Å². The molecule has 0 fully saturated rings. The zero-order chi connectivity index (χ0) is 15.7. The largest absolute Gasteiger partial charge is 0.481 e. The number of carboxylic acid groups (broad SMARTS) is 1. The average molecular weight is 329 g/mol. The molecule has 112 valence electrons. The van der Waals surface area contributed by atoms with Gasteiger partial charge in [0.15, 0.2) is 0 Å². The number of aromatic nitrogens is 2. The second-order valence-electron chi connectivity index (χ2n) is 4.02. The molecular formula is C14H14Cl2N2O3. The first-order valence-electron chi connectivity index (χ1n) is 6.04. The Morgan fingerprint density at radius 1 is 1.00 bits per heavy atom. The lowest BCUT2D eigenvalue weighted by Gasteiger charge is -1.95. The Morgan fingerprint density at radius 2 is 1.52 bits per heavy atom. The van der Waals surface area contributed by atoms with Crippen LogP contribution in [0, 0.1) is 0 Å². The van der Waals surface area contributed by atoms with Gasteiger partial charge in [0.25, 0.3) is 0 Å². The van der Waals surface area contributed by atoms with Crippen molar-refractivity contribution in [1.82, 2.24) is 9.97 Å². The SMILES string of the molecule is O=C(O)Cc1ccc(Cl)nc1.OCCc1ccc(Cl)nc1. The van der Waals surface area contributed by atoms with E-state index in [0.717, 1.165) is 5.56 Å². The quantitative estimate of drug-likeness (QED) is 0.843. The third-order valence-electron chi connectivity index (χ3n) is 2.33. The van der Waals surface area contributed by atoms with Crippen LogP contribution in [0.25, 0.3) is 0 Å². The zero-order valence-electron chi connectivity index (χ0n) is 11.0. The number of carboxylic acids is 1. The van der Waals surface area contributed by atoms with E-state index in [4.69, 9.17) is 33.4 Å². The summed E-state index contributed by atoms with van der Waals surface area (Å²) in [5.74, 6) is -0.867. The Morgan fingerprint density at radius 3 is 1.90 bits per heavy atom. The molecule has 0 aliphatic carbocycles. The molecule has 0 aliphatic rings. The maximum atomic E-state index is 10.2. The van der Waals surface area contributed by atoms with E-state index in [1.165, 1.54) is 6.20 Å². The van der Waals surface area contributed by atoms with Gasteiger partial charge in [-0.25, -0.2) is 9.97 Å². The van der Waals surface area contributed by atoms with E-state index in [9.17, 15) is 4.79 Å². The minimum atomic E-state index is -0.867. The van der Waals surface area contributed by atoms with E-state index in [1.807, 2.05) is 6.07 Å². The molecule has 0 spiro atoms. The normalized spacial score (nSPS) is 9.67. The molecule has 2 rings (SSSR count). The highest BCUT2D eigenvalue weighted by Gasteiger charge is 1.99. The van der Waals surface area contributed by atoms with Crippen molar-refractivity contribution in [3.8, 4) is 0 Å². The number of hydrogen-bond acceptors (Lipinski definition) is 4. The van der Waals surface area contributed by atoms with Crippen molar-refractivity contribution in [2.75, 3.05) is 6.61 Å². The van der Waals surface area contributed by atoms with Crippen LogP contribution in [-0.2, 0) is 17.6 Å². The summed E-state index contributed by atoms with van der Waals surface area (Å²) in [5, 5.41) is 17.8. The van der Waals surface area contributed by atoms with Crippen molar-refractivity contribution in [2.24, 2.45) is 0 Å². The van der Waals surface area contributed by atoms with Gasteiger partial charge in [-0.1, -0.05) is 35.3 Å². The summed E-state index contributed by atoms with van der Waals surface area (Å²) >= 11 is 11.0. The fourth-order valence-electron chi connectivity index (χ4n) is 1.37. The van der Waals surface area contributed by atoms with Gasteiger partial charge in [-0.2, -0.15) is 0 Å². The first kappa shape index (κ1) is 17.4. The maximum absolute atomic E-state index is 10.2. The monoisotopic (exact) mass is 328 g/mol. The highest BCUT2D eigenvalue weighted by Crippen LogP contribution is 2.05. The first-order valence-corrected chi connectivity index (χ1v) is 6.80. The number of rotatable bonds is 4. The van der Waals surface area contributed by atoms with Gasteiger partial charge in [0.2, 0.25) is 0 Å². The molecule has 0 radical (unpaired) electrons. The van der Waals surface area contributed by atoms with Crippen LogP contribution in [0.1, 0.15) is 11.1 Å². The van der Waals surface area contributed by atoms with Gasteiger partial charge in [0.1, 0.15) is 10.3 Å². The minimum absolute atomic E-state index is 0.00975. The van der Waals surface area contributed by atoms with Gasteiger partial charge < -0.3 is 10.2 Å². The molecule has 2 aromatic rings. The van der Waals surface area contributed by atoms with Crippen LogP contribution < -0.4 is 0 Å². The Labute approximate surface area is 132 Å². The third-order valence-corrected chi connectivity index (χ3v) is 2.78. The Balaban J connectivity index is 0.000000211. The maximum Gasteiger partial charge on any atom is 0.307 e. The Hall–Kier alpha value is -1.69. The van der Waals surface area contributed by atoms with Crippen LogP contribution in [0.5, 0.6) is 0 Å². The topological polar surface area (TPSA) is 83.3 Å². The molecule has 5 nitrogen and oxygen atoms in total. The van der Waals surface area contributed by atoms with Gasteiger partial charge in [-0.3, -0.25) is 4.79 Å². The molecule has 21 heavy (non-hydrogen) atoms.